The topological polar surface area (TPSA) is 20.2 Å². The summed E-state index contributed by atoms with van der Waals surface area (Å²) >= 11 is 5.47. The van der Waals surface area contributed by atoms with Crippen LogP contribution < -0.4 is 0 Å². The molecule has 19 heavy (non-hydrogen) atoms. The lowest BCUT2D eigenvalue weighted by Crippen LogP contribution is -2.06. The number of hydrogen-bond donors (Lipinski definition) is 1. The highest BCUT2D eigenvalue weighted by atomic mass is 35.5. The number of rotatable bonds is 2. The van der Waals surface area contributed by atoms with Crippen molar-refractivity contribution in [1.29, 1.82) is 0 Å². The van der Waals surface area contributed by atoms with Gasteiger partial charge in [0.05, 0.1) is 5.02 Å². The SMILES string of the molecule is OC(c1ccc(Cl)c(F)c1)c1ccc(F)c(F)c1F. The smallest absolute Gasteiger partial charge is 0.194 e. The van der Waals surface area contributed by atoms with Crippen LogP contribution in [0.15, 0.2) is 30.3 Å². The Balaban J connectivity index is 2.47. The Bertz CT molecular complexity index is 630. The van der Waals surface area contributed by atoms with Gasteiger partial charge in [-0.25, -0.2) is 17.6 Å². The Morgan fingerprint density at radius 3 is 2.21 bits per heavy atom. The average molecular weight is 291 g/mol. The standard InChI is InChI=1S/C13H7ClF4O/c14-8-3-1-6(5-10(8)16)13(19)7-2-4-9(15)12(18)11(7)17/h1-5,13,19H. The zero-order valence-corrected chi connectivity index (χ0v) is 10.1. The zero-order chi connectivity index (χ0) is 14.2. The molecule has 0 radical (unpaired) electrons. The summed E-state index contributed by atoms with van der Waals surface area (Å²) in [5.74, 6) is -5.37. The van der Waals surface area contributed by atoms with Crippen molar-refractivity contribution in [3.8, 4) is 0 Å². The molecule has 1 N–H and O–H groups in total. The molecule has 0 heterocycles. The second-order valence-electron chi connectivity index (χ2n) is 3.84. The van der Waals surface area contributed by atoms with E-state index >= 15 is 0 Å². The van der Waals surface area contributed by atoms with Crippen LogP contribution in [0.1, 0.15) is 17.2 Å². The molecule has 1 unspecified atom stereocenters. The van der Waals surface area contributed by atoms with Crippen molar-refractivity contribution in [1.82, 2.24) is 0 Å². The van der Waals surface area contributed by atoms with E-state index in [9.17, 15) is 22.7 Å². The molecule has 2 aromatic carbocycles. The summed E-state index contributed by atoms with van der Waals surface area (Å²) in [5, 5.41) is 9.70. The Hall–Kier alpha value is -1.59. The van der Waals surface area contributed by atoms with Crippen LogP contribution in [-0.2, 0) is 0 Å². The molecule has 0 saturated heterocycles. The van der Waals surface area contributed by atoms with E-state index in [0.29, 0.717) is 6.07 Å². The van der Waals surface area contributed by atoms with E-state index in [2.05, 4.69) is 0 Å². The van der Waals surface area contributed by atoms with Gasteiger partial charge >= 0.3 is 0 Å². The van der Waals surface area contributed by atoms with Gasteiger partial charge in [-0.3, -0.25) is 0 Å². The van der Waals surface area contributed by atoms with Crippen LogP contribution in [0, 0.1) is 23.3 Å². The Morgan fingerprint density at radius 2 is 1.58 bits per heavy atom. The van der Waals surface area contributed by atoms with E-state index < -0.39 is 34.9 Å². The Labute approximate surface area is 111 Å². The van der Waals surface area contributed by atoms with Gasteiger partial charge in [-0.1, -0.05) is 23.7 Å². The maximum atomic E-state index is 13.5. The van der Waals surface area contributed by atoms with E-state index in [1.807, 2.05) is 0 Å². The molecule has 0 aromatic heterocycles. The van der Waals surface area contributed by atoms with Crippen molar-refractivity contribution in [2.45, 2.75) is 6.10 Å². The van der Waals surface area contributed by atoms with E-state index in [-0.39, 0.29) is 10.6 Å². The molecule has 0 aliphatic heterocycles. The van der Waals surface area contributed by atoms with Gasteiger partial charge in [-0.15, -0.1) is 0 Å². The van der Waals surface area contributed by atoms with Gasteiger partial charge in [0, 0.05) is 5.56 Å². The normalized spacial score (nSPS) is 12.5. The number of aliphatic hydroxyl groups excluding tert-OH is 1. The van der Waals surface area contributed by atoms with Gasteiger partial charge in [0.25, 0.3) is 0 Å². The van der Waals surface area contributed by atoms with Crippen molar-refractivity contribution in [3.63, 3.8) is 0 Å². The predicted molar refractivity (Wildman–Crippen MR) is 61.8 cm³/mol. The predicted octanol–water partition coefficient (Wildman–Crippen LogP) is 3.98. The summed E-state index contributed by atoms with van der Waals surface area (Å²) in [4.78, 5) is 0. The maximum Gasteiger partial charge on any atom is 0.194 e. The molecule has 1 atom stereocenters. The molecule has 0 aliphatic rings. The van der Waals surface area contributed by atoms with E-state index in [4.69, 9.17) is 11.6 Å². The Morgan fingerprint density at radius 1 is 0.895 bits per heavy atom. The first-order chi connectivity index (χ1) is 8.91. The molecule has 2 aromatic rings. The molecule has 0 amide bonds. The minimum absolute atomic E-state index is 0.0215. The first-order valence-corrected chi connectivity index (χ1v) is 5.56. The molecule has 0 aliphatic carbocycles. The van der Waals surface area contributed by atoms with Crippen LogP contribution in [0.25, 0.3) is 0 Å². The minimum atomic E-state index is -1.69. The van der Waals surface area contributed by atoms with Crippen LogP contribution in [0.5, 0.6) is 0 Å². The molecule has 0 fully saturated rings. The zero-order valence-electron chi connectivity index (χ0n) is 9.30. The van der Waals surface area contributed by atoms with Gasteiger partial charge < -0.3 is 5.11 Å². The highest BCUT2D eigenvalue weighted by Crippen LogP contribution is 2.28. The van der Waals surface area contributed by atoms with Crippen molar-refractivity contribution in [2.75, 3.05) is 0 Å². The number of halogens is 5. The summed E-state index contributed by atoms with van der Waals surface area (Å²) < 4.78 is 52.5. The first-order valence-electron chi connectivity index (χ1n) is 5.18. The summed E-state index contributed by atoms with van der Waals surface area (Å²) in [6.45, 7) is 0. The number of aliphatic hydroxyl groups is 1. The van der Waals surface area contributed by atoms with E-state index in [1.165, 1.54) is 12.1 Å². The summed E-state index contributed by atoms with van der Waals surface area (Å²) in [5.41, 5.74) is -0.507. The van der Waals surface area contributed by atoms with Crippen molar-refractivity contribution in [3.05, 3.63) is 69.8 Å². The third-order valence-electron chi connectivity index (χ3n) is 2.62. The second-order valence-corrected chi connectivity index (χ2v) is 4.25. The first kappa shape index (κ1) is 13.8. The van der Waals surface area contributed by atoms with Gasteiger partial charge in [0.1, 0.15) is 11.9 Å². The summed E-state index contributed by atoms with van der Waals surface area (Å²) in [6, 6.07) is 4.91. The van der Waals surface area contributed by atoms with Crippen molar-refractivity contribution < 1.29 is 22.7 Å². The number of hydrogen-bond acceptors (Lipinski definition) is 1. The summed E-state index contributed by atoms with van der Waals surface area (Å²) in [6.07, 6.45) is -1.62. The number of benzene rings is 2. The van der Waals surface area contributed by atoms with E-state index in [0.717, 1.165) is 12.1 Å². The van der Waals surface area contributed by atoms with Gasteiger partial charge in [-0.05, 0) is 23.8 Å². The highest BCUT2D eigenvalue weighted by molar-refractivity contribution is 6.30. The second kappa shape index (κ2) is 5.19. The summed E-state index contributed by atoms with van der Waals surface area (Å²) in [7, 11) is 0. The molecule has 2 rings (SSSR count). The minimum Gasteiger partial charge on any atom is -0.384 e. The lowest BCUT2D eigenvalue weighted by Gasteiger charge is -2.13. The quantitative estimate of drug-likeness (QED) is 0.655. The maximum absolute atomic E-state index is 13.5. The Kier molecular flexibility index (Phi) is 3.78. The van der Waals surface area contributed by atoms with Crippen LogP contribution in [-0.4, -0.2) is 5.11 Å². The van der Waals surface area contributed by atoms with Crippen LogP contribution in [0.4, 0.5) is 17.6 Å². The third kappa shape index (κ3) is 2.57. The fourth-order valence-electron chi connectivity index (χ4n) is 1.61. The fourth-order valence-corrected chi connectivity index (χ4v) is 1.73. The van der Waals surface area contributed by atoms with E-state index in [1.54, 1.807) is 0 Å². The molecular weight excluding hydrogens is 284 g/mol. The molecule has 0 saturated carbocycles. The van der Waals surface area contributed by atoms with Crippen LogP contribution >= 0.6 is 11.6 Å². The van der Waals surface area contributed by atoms with Crippen molar-refractivity contribution in [2.24, 2.45) is 0 Å². The van der Waals surface area contributed by atoms with Crippen LogP contribution in [0.2, 0.25) is 5.02 Å². The van der Waals surface area contributed by atoms with Gasteiger partial charge in [0.15, 0.2) is 17.5 Å². The van der Waals surface area contributed by atoms with Crippen molar-refractivity contribution >= 4 is 11.6 Å². The highest BCUT2D eigenvalue weighted by Gasteiger charge is 2.21. The van der Waals surface area contributed by atoms with Gasteiger partial charge in [-0.2, -0.15) is 0 Å². The lowest BCUT2D eigenvalue weighted by atomic mass is 10.0. The molecule has 100 valence electrons. The average Bonchev–Trinajstić information content (AvgIpc) is 2.39. The molecule has 0 spiro atoms. The molecule has 6 heteroatoms. The molecule has 1 nitrogen and oxygen atoms in total. The molecule has 0 bridgehead atoms. The third-order valence-corrected chi connectivity index (χ3v) is 2.93. The molecular formula is C13H7ClF4O. The lowest BCUT2D eigenvalue weighted by molar-refractivity contribution is 0.212. The van der Waals surface area contributed by atoms with Gasteiger partial charge in [0.2, 0.25) is 0 Å². The van der Waals surface area contributed by atoms with Crippen LogP contribution in [0.3, 0.4) is 0 Å². The monoisotopic (exact) mass is 290 g/mol. The fraction of sp³-hybridized carbons (Fsp3) is 0.0769. The largest absolute Gasteiger partial charge is 0.384 e.